The third-order valence-electron chi connectivity index (χ3n) is 1.44. The molecule has 1 radical (unpaired) electrons. The van der Waals surface area contributed by atoms with Crippen LogP contribution in [0.5, 0.6) is 0 Å². The molecule has 0 bridgehead atoms. The van der Waals surface area contributed by atoms with Gasteiger partial charge in [-0.3, -0.25) is 4.79 Å². The second kappa shape index (κ2) is 8.41. The first-order chi connectivity index (χ1) is 4.91. The van der Waals surface area contributed by atoms with Crippen molar-refractivity contribution in [2.75, 3.05) is 0 Å². The molecule has 0 rings (SSSR count). The van der Waals surface area contributed by atoms with Crippen molar-refractivity contribution in [3.63, 3.8) is 0 Å². The zero-order valence-corrected chi connectivity index (χ0v) is 6.44. The molecule has 0 N–H and O–H groups in total. The van der Waals surface area contributed by atoms with Gasteiger partial charge >= 0.3 is 0 Å². The van der Waals surface area contributed by atoms with Crippen LogP contribution in [0.3, 0.4) is 0 Å². The average Bonchev–Trinajstić information content (AvgIpc) is 1.97. The fraction of sp³-hybridized carbons (Fsp3) is 0.667. The summed E-state index contributed by atoms with van der Waals surface area (Å²) in [6, 6.07) is 0. The Morgan fingerprint density at radius 2 is 1.90 bits per heavy atom. The van der Waals surface area contributed by atoms with Crippen LogP contribution in [0.15, 0.2) is 12.7 Å². The van der Waals surface area contributed by atoms with E-state index >= 15 is 0 Å². The van der Waals surface area contributed by atoms with Crippen LogP contribution in [0.25, 0.3) is 0 Å². The van der Waals surface area contributed by atoms with E-state index in [1.165, 1.54) is 12.8 Å². The van der Waals surface area contributed by atoms with Crippen LogP contribution in [0.1, 0.15) is 38.5 Å². The molecule has 0 aliphatic rings. The zero-order chi connectivity index (χ0) is 7.66. The van der Waals surface area contributed by atoms with E-state index in [2.05, 4.69) is 6.58 Å². The summed E-state index contributed by atoms with van der Waals surface area (Å²) in [5, 5.41) is 0. The molecule has 0 atom stereocenters. The van der Waals surface area contributed by atoms with Gasteiger partial charge in [-0.15, -0.1) is 6.58 Å². The molecule has 0 fully saturated rings. The minimum absolute atomic E-state index is 0.605. The topological polar surface area (TPSA) is 17.1 Å². The molecular weight excluding hydrogens is 124 g/mol. The minimum Gasteiger partial charge on any atom is -0.291 e. The van der Waals surface area contributed by atoms with Crippen LogP contribution in [0, 0.1) is 0 Å². The number of carbonyl (C=O) groups excluding carboxylic acids is 1. The summed E-state index contributed by atoms with van der Waals surface area (Å²) in [6.45, 7) is 3.63. The summed E-state index contributed by atoms with van der Waals surface area (Å²) >= 11 is 0. The van der Waals surface area contributed by atoms with Gasteiger partial charge in [0.25, 0.3) is 0 Å². The van der Waals surface area contributed by atoms with Gasteiger partial charge < -0.3 is 0 Å². The highest BCUT2D eigenvalue weighted by molar-refractivity contribution is 5.50. The molecule has 0 spiro atoms. The van der Waals surface area contributed by atoms with Crippen molar-refractivity contribution in [2.45, 2.75) is 38.5 Å². The molecule has 0 saturated heterocycles. The van der Waals surface area contributed by atoms with E-state index in [0.717, 1.165) is 19.3 Å². The molecule has 57 valence electrons. The minimum atomic E-state index is 0.605. The second-order valence-electron chi connectivity index (χ2n) is 2.39. The van der Waals surface area contributed by atoms with Crippen molar-refractivity contribution >= 4 is 6.29 Å². The van der Waals surface area contributed by atoms with Gasteiger partial charge in [0, 0.05) is 6.42 Å². The van der Waals surface area contributed by atoms with Crippen LogP contribution in [-0.2, 0) is 4.79 Å². The van der Waals surface area contributed by atoms with Gasteiger partial charge in [0.15, 0.2) is 6.29 Å². The molecule has 0 aromatic rings. The molecule has 0 aromatic heterocycles. The van der Waals surface area contributed by atoms with E-state index in [4.69, 9.17) is 0 Å². The third-order valence-corrected chi connectivity index (χ3v) is 1.44. The highest BCUT2D eigenvalue weighted by atomic mass is 16.1. The first-order valence-corrected chi connectivity index (χ1v) is 3.87. The van der Waals surface area contributed by atoms with Crippen molar-refractivity contribution in [3.8, 4) is 0 Å². The monoisotopic (exact) mass is 139 g/mol. The Hall–Kier alpha value is -0.590. The van der Waals surface area contributed by atoms with E-state index in [-0.39, 0.29) is 0 Å². The number of allylic oxidation sites excluding steroid dienone is 1. The van der Waals surface area contributed by atoms with Crippen LogP contribution >= 0.6 is 0 Å². The number of hydrogen-bond acceptors (Lipinski definition) is 1. The molecule has 0 unspecified atom stereocenters. The van der Waals surface area contributed by atoms with E-state index in [1.807, 2.05) is 12.4 Å². The predicted molar refractivity (Wildman–Crippen MR) is 43.6 cm³/mol. The lowest BCUT2D eigenvalue weighted by Crippen LogP contribution is -1.78. The summed E-state index contributed by atoms with van der Waals surface area (Å²) in [5.74, 6) is 0. The van der Waals surface area contributed by atoms with E-state index in [0.29, 0.717) is 6.42 Å². The van der Waals surface area contributed by atoms with Crippen LogP contribution < -0.4 is 0 Å². The molecule has 0 aromatic carbocycles. The number of hydrogen-bond donors (Lipinski definition) is 0. The largest absolute Gasteiger partial charge is 0.291 e. The Labute approximate surface area is 63.1 Å². The van der Waals surface area contributed by atoms with E-state index in [1.54, 1.807) is 0 Å². The number of unbranched alkanes of at least 4 members (excludes halogenated alkanes) is 5. The molecule has 0 amide bonds. The Balaban J connectivity index is 2.76. The van der Waals surface area contributed by atoms with Gasteiger partial charge in [0.05, 0.1) is 0 Å². The molecule has 0 heterocycles. The standard InChI is InChI=1S/C9H15O/c1-2-3-4-5-6-7-8-9-10/h2H,1,3-8H2. The second-order valence-corrected chi connectivity index (χ2v) is 2.39. The smallest absolute Gasteiger partial charge is 0.198 e. The third kappa shape index (κ3) is 7.41. The lowest BCUT2D eigenvalue weighted by molar-refractivity contribution is 0.544. The Morgan fingerprint density at radius 1 is 1.20 bits per heavy atom. The SMILES string of the molecule is C=CCCCCCC[C]=O. The molecule has 10 heavy (non-hydrogen) atoms. The molecule has 1 nitrogen and oxygen atoms in total. The summed E-state index contributed by atoms with van der Waals surface area (Å²) in [5.41, 5.74) is 0. The van der Waals surface area contributed by atoms with E-state index < -0.39 is 0 Å². The van der Waals surface area contributed by atoms with Gasteiger partial charge in [-0.05, 0) is 19.3 Å². The van der Waals surface area contributed by atoms with Gasteiger partial charge in [-0.25, -0.2) is 0 Å². The highest BCUT2D eigenvalue weighted by Gasteiger charge is 1.87. The van der Waals surface area contributed by atoms with Crippen molar-refractivity contribution in [1.82, 2.24) is 0 Å². The Morgan fingerprint density at radius 3 is 2.50 bits per heavy atom. The molecule has 0 saturated carbocycles. The first-order valence-electron chi connectivity index (χ1n) is 3.87. The van der Waals surface area contributed by atoms with Gasteiger partial charge in [0.2, 0.25) is 0 Å². The van der Waals surface area contributed by atoms with Gasteiger partial charge in [-0.1, -0.05) is 18.9 Å². The maximum Gasteiger partial charge on any atom is 0.198 e. The summed E-state index contributed by atoms with van der Waals surface area (Å²) < 4.78 is 0. The summed E-state index contributed by atoms with van der Waals surface area (Å²) in [6.07, 6.45) is 10.1. The zero-order valence-electron chi connectivity index (χ0n) is 6.44. The normalized spacial score (nSPS) is 9.20. The molecule has 0 aliphatic carbocycles. The van der Waals surface area contributed by atoms with E-state index in [9.17, 15) is 4.79 Å². The van der Waals surface area contributed by atoms with Crippen molar-refractivity contribution < 1.29 is 4.79 Å². The van der Waals surface area contributed by atoms with Crippen LogP contribution in [0.2, 0.25) is 0 Å². The fourth-order valence-electron chi connectivity index (χ4n) is 0.839. The lowest BCUT2D eigenvalue weighted by atomic mass is 10.1. The maximum absolute atomic E-state index is 9.75. The van der Waals surface area contributed by atoms with Gasteiger partial charge in [-0.2, -0.15) is 0 Å². The summed E-state index contributed by atoms with van der Waals surface area (Å²) in [7, 11) is 0. The molecule has 0 aliphatic heterocycles. The van der Waals surface area contributed by atoms with Gasteiger partial charge in [0.1, 0.15) is 0 Å². The number of rotatable bonds is 7. The van der Waals surface area contributed by atoms with Crippen LogP contribution in [0.4, 0.5) is 0 Å². The maximum atomic E-state index is 9.75. The Kier molecular flexibility index (Phi) is 7.91. The lowest BCUT2D eigenvalue weighted by Gasteiger charge is -1.93. The first kappa shape index (κ1) is 9.41. The molecule has 1 heteroatoms. The fourth-order valence-corrected chi connectivity index (χ4v) is 0.839. The Bertz CT molecular complexity index is 74.7. The summed E-state index contributed by atoms with van der Waals surface area (Å²) in [4.78, 5) is 9.75. The van der Waals surface area contributed by atoms with Crippen molar-refractivity contribution in [1.29, 1.82) is 0 Å². The predicted octanol–water partition coefficient (Wildman–Crippen LogP) is 2.62. The highest BCUT2D eigenvalue weighted by Crippen LogP contribution is 2.03. The van der Waals surface area contributed by atoms with Crippen molar-refractivity contribution in [2.24, 2.45) is 0 Å². The van der Waals surface area contributed by atoms with Crippen LogP contribution in [-0.4, -0.2) is 6.29 Å². The van der Waals surface area contributed by atoms with Crippen molar-refractivity contribution in [3.05, 3.63) is 12.7 Å². The average molecular weight is 139 g/mol. The quantitative estimate of drug-likeness (QED) is 0.391. The molecular formula is C9H15O.